The molecule has 0 aliphatic carbocycles. The molecule has 4 amide bonds. The van der Waals surface area contributed by atoms with Crippen LogP contribution >= 0.6 is 0 Å². The average molecular weight is 744 g/mol. The van der Waals surface area contributed by atoms with Crippen molar-refractivity contribution in [2.45, 2.75) is 75.9 Å². The molecule has 3 aromatic heterocycles. The summed E-state index contributed by atoms with van der Waals surface area (Å²) >= 11 is 0. The number of pyridine rings is 2. The summed E-state index contributed by atoms with van der Waals surface area (Å²) < 4.78 is 0. The number of carbonyl (C=O) groups excluding carboxylic acids is 4. The zero-order valence-corrected chi connectivity index (χ0v) is 31.4. The van der Waals surface area contributed by atoms with Crippen LogP contribution in [0.25, 0.3) is 10.9 Å². The van der Waals surface area contributed by atoms with Crippen molar-refractivity contribution in [1.82, 2.24) is 35.0 Å². The first kappa shape index (κ1) is 35.6. The fourth-order valence-corrected chi connectivity index (χ4v) is 9.57. The number of hydrogen-bond acceptors (Lipinski definition) is 9. The first-order valence-corrected chi connectivity index (χ1v) is 20.0. The Morgan fingerprint density at radius 3 is 2.47 bits per heavy atom. The Kier molecular flexibility index (Phi) is 9.59. The summed E-state index contributed by atoms with van der Waals surface area (Å²) in [7, 11) is 2.16. The molecule has 5 aliphatic heterocycles. The Hall–Kier alpha value is -5.14. The van der Waals surface area contributed by atoms with Crippen LogP contribution in [-0.2, 0) is 16.1 Å². The summed E-state index contributed by atoms with van der Waals surface area (Å²) in [6, 6.07) is 13.7. The van der Waals surface area contributed by atoms with Gasteiger partial charge in [-0.3, -0.25) is 34.4 Å². The van der Waals surface area contributed by atoms with Crippen molar-refractivity contribution in [2.75, 3.05) is 56.5 Å². The van der Waals surface area contributed by atoms with Gasteiger partial charge in [-0.05, 0) is 108 Å². The number of aromatic nitrogens is 3. The van der Waals surface area contributed by atoms with E-state index in [1.807, 2.05) is 36.5 Å². The minimum atomic E-state index is -0.602. The first-order chi connectivity index (χ1) is 26.8. The highest BCUT2D eigenvalue weighted by Crippen LogP contribution is 2.37. The lowest BCUT2D eigenvalue weighted by atomic mass is 9.90. The molecule has 13 nitrogen and oxygen atoms in total. The van der Waals surface area contributed by atoms with Crippen LogP contribution in [-0.4, -0.2) is 106 Å². The van der Waals surface area contributed by atoms with E-state index >= 15 is 0 Å². The summed E-state index contributed by atoms with van der Waals surface area (Å²) in [5, 5.41) is 6.40. The molecular formula is C42H49N9O4. The predicted molar refractivity (Wildman–Crippen MR) is 209 cm³/mol. The summed E-state index contributed by atoms with van der Waals surface area (Å²) in [6.07, 6.45) is 10.7. The lowest BCUT2D eigenvalue weighted by Gasteiger charge is -2.38. The number of hydrogen-bond donors (Lipinski definition) is 3. The monoisotopic (exact) mass is 743 g/mol. The minimum Gasteiger partial charge on any atom is -0.371 e. The largest absolute Gasteiger partial charge is 0.371 e. The highest BCUT2D eigenvalue weighted by molar-refractivity contribution is 6.06. The number of aromatic amines is 1. The predicted octanol–water partition coefficient (Wildman–Crippen LogP) is 4.83. The van der Waals surface area contributed by atoms with Gasteiger partial charge in [0.2, 0.25) is 11.8 Å². The molecule has 4 fully saturated rings. The molecule has 55 heavy (non-hydrogen) atoms. The number of carbonyl (C=O) groups is 4. The van der Waals surface area contributed by atoms with Gasteiger partial charge in [0, 0.05) is 96.6 Å². The van der Waals surface area contributed by atoms with Crippen LogP contribution in [0.5, 0.6) is 0 Å². The molecule has 5 aliphatic rings. The second kappa shape index (κ2) is 14.8. The Morgan fingerprint density at radius 1 is 0.891 bits per heavy atom. The van der Waals surface area contributed by atoms with Crippen molar-refractivity contribution < 1.29 is 19.2 Å². The van der Waals surface area contributed by atoms with E-state index in [-0.39, 0.29) is 30.0 Å². The van der Waals surface area contributed by atoms with Crippen LogP contribution < -0.4 is 15.5 Å². The second-order valence-corrected chi connectivity index (χ2v) is 16.2. The number of nitrogens with one attached hydrogen (secondary N) is 3. The number of benzene rings is 1. The van der Waals surface area contributed by atoms with Crippen molar-refractivity contribution in [3.05, 3.63) is 82.9 Å². The molecule has 3 N–H and O–H groups in total. The van der Waals surface area contributed by atoms with E-state index in [1.165, 1.54) is 12.1 Å². The molecule has 0 bridgehead atoms. The molecule has 286 valence electrons. The lowest BCUT2D eigenvalue weighted by Crippen LogP contribution is -2.52. The van der Waals surface area contributed by atoms with Crippen LogP contribution in [0, 0.1) is 5.92 Å². The van der Waals surface area contributed by atoms with Crippen LogP contribution in [0.2, 0.25) is 0 Å². The Bertz CT molecular complexity index is 2120. The van der Waals surface area contributed by atoms with E-state index in [1.54, 1.807) is 11.1 Å². The molecule has 8 heterocycles. The Morgan fingerprint density at radius 2 is 1.73 bits per heavy atom. The Balaban J connectivity index is 0.741. The number of fused-ring (bicyclic) bond motifs is 2. The quantitative estimate of drug-likeness (QED) is 0.216. The van der Waals surface area contributed by atoms with Gasteiger partial charge in [-0.15, -0.1) is 0 Å². The van der Waals surface area contributed by atoms with Gasteiger partial charge in [0.05, 0.1) is 11.1 Å². The molecule has 9 rings (SSSR count). The molecule has 4 saturated heterocycles. The third-order valence-electron chi connectivity index (χ3n) is 12.7. The van der Waals surface area contributed by atoms with Gasteiger partial charge in [-0.1, -0.05) is 6.07 Å². The first-order valence-electron chi connectivity index (χ1n) is 20.0. The number of imide groups is 1. The SMILES string of the molecule is CN1CCC[C@@H]1c1cc2cnc(NC(=O)c3ccc(C4CCN(CC5CCN(c6cccc7c6CN(C6CCC(=O)NC6=O)C7=O)CC5)CC4)nc3)cc2[nH]1. The van der Waals surface area contributed by atoms with Crippen LogP contribution in [0.3, 0.4) is 0 Å². The molecule has 13 heteroatoms. The van der Waals surface area contributed by atoms with E-state index in [9.17, 15) is 19.2 Å². The van der Waals surface area contributed by atoms with Gasteiger partial charge < -0.3 is 25.0 Å². The lowest BCUT2D eigenvalue weighted by molar-refractivity contribution is -0.136. The number of likely N-dealkylation sites (tertiary alicyclic amines) is 2. The summed E-state index contributed by atoms with van der Waals surface area (Å²) in [5.74, 6) is 0.526. The van der Waals surface area contributed by atoms with Gasteiger partial charge in [0.1, 0.15) is 11.9 Å². The maximum Gasteiger partial charge on any atom is 0.258 e. The number of anilines is 2. The normalized spacial score (nSPS) is 23.1. The van der Waals surface area contributed by atoms with Gasteiger partial charge in [-0.2, -0.15) is 0 Å². The fraction of sp³-hybridized carbons (Fsp3) is 0.476. The molecular weight excluding hydrogens is 695 g/mol. The minimum absolute atomic E-state index is 0.124. The van der Waals surface area contributed by atoms with E-state index in [0.29, 0.717) is 47.8 Å². The standard InChI is InChI=1S/C42H49N9O4/c1-48-15-3-6-36(48)34-20-29-23-44-38(21-33(29)45-34)46-40(53)28-7-8-32(43-22-28)27-13-16-49(17-14-27)24-26-11-18-50(19-12-26)35-5-2-4-30-31(35)25-51(42(30)55)37-9-10-39(52)47-41(37)54/h2,4-5,7-8,20-23,26-27,36-37,45H,3,6,9-19,24-25H2,1H3,(H,44,46,53)(H,47,52,54)/t36-,37?/m1/s1. The topological polar surface area (TPSA) is 147 Å². The van der Waals surface area contributed by atoms with Gasteiger partial charge in [0.25, 0.3) is 11.8 Å². The van der Waals surface area contributed by atoms with Crippen molar-refractivity contribution in [1.29, 1.82) is 0 Å². The molecule has 1 aromatic carbocycles. The number of nitrogens with zero attached hydrogens (tertiary/aromatic N) is 6. The maximum absolute atomic E-state index is 13.3. The maximum atomic E-state index is 13.3. The number of H-pyrrole nitrogens is 1. The van der Waals surface area contributed by atoms with Crippen molar-refractivity contribution in [2.24, 2.45) is 5.92 Å². The second-order valence-electron chi connectivity index (χ2n) is 16.2. The van der Waals surface area contributed by atoms with Gasteiger partial charge in [-0.25, -0.2) is 4.98 Å². The number of piperidine rings is 3. The fourth-order valence-electron chi connectivity index (χ4n) is 9.57. The molecule has 0 saturated carbocycles. The van der Waals surface area contributed by atoms with Crippen LogP contribution in [0.15, 0.2) is 54.9 Å². The summed E-state index contributed by atoms with van der Waals surface area (Å²) in [5.41, 5.74) is 6.49. The third-order valence-corrected chi connectivity index (χ3v) is 12.7. The molecule has 0 spiro atoms. The summed E-state index contributed by atoms with van der Waals surface area (Å²) in [4.78, 5) is 72.5. The van der Waals surface area contributed by atoms with E-state index in [4.69, 9.17) is 4.98 Å². The Labute approximate surface area is 320 Å². The van der Waals surface area contributed by atoms with Crippen LogP contribution in [0.4, 0.5) is 11.5 Å². The highest BCUT2D eigenvalue weighted by Gasteiger charge is 2.40. The van der Waals surface area contributed by atoms with Crippen LogP contribution in [0.1, 0.15) is 101 Å². The molecule has 4 aromatic rings. The van der Waals surface area contributed by atoms with Crippen molar-refractivity contribution >= 4 is 46.0 Å². The number of amides is 4. The summed E-state index contributed by atoms with van der Waals surface area (Å²) in [6.45, 7) is 6.53. The molecule has 0 radical (unpaired) electrons. The molecule has 2 atom stereocenters. The van der Waals surface area contributed by atoms with E-state index < -0.39 is 6.04 Å². The zero-order valence-electron chi connectivity index (χ0n) is 31.4. The van der Waals surface area contributed by atoms with Crippen molar-refractivity contribution in [3.63, 3.8) is 0 Å². The van der Waals surface area contributed by atoms with Crippen molar-refractivity contribution in [3.8, 4) is 0 Å². The third kappa shape index (κ3) is 7.11. The van der Waals surface area contributed by atoms with E-state index in [2.05, 4.69) is 54.5 Å². The average Bonchev–Trinajstić information content (AvgIpc) is 3.92. The number of rotatable bonds is 8. The molecule has 1 unspecified atom stereocenters. The van der Waals surface area contributed by atoms with Gasteiger partial charge >= 0.3 is 0 Å². The smallest absolute Gasteiger partial charge is 0.258 e. The van der Waals surface area contributed by atoms with Gasteiger partial charge in [0.15, 0.2) is 0 Å². The zero-order chi connectivity index (χ0) is 37.6. The van der Waals surface area contributed by atoms with E-state index in [0.717, 1.165) is 99.2 Å². The highest BCUT2D eigenvalue weighted by atomic mass is 16.2.